The molecule has 5 heteroatoms. The van der Waals surface area contributed by atoms with Gasteiger partial charge in [-0.15, -0.1) is 10.3 Å². The summed E-state index contributed by atoms with van der Waals surface area (Å²) in [6.07, 6.45) is 4.88. The minimum Gasteiger partial charge on any atom is -0.376 e. The van der Waals surface area contributed by atoms with Crippen LogP contribution in [0.1, 0.15) is 59.8 Å². The predicted octanol–water partition coefficient (Wildman–Crippen LogP) is 2.91. The molecule has 2 aliphatic heterocycles. The van der Waals surface area contributed by atoms with Gasteiger partial charge >= 0.3 is 0 Å². The Morgan fingerprint density at radius 3 is 2.24 bits per heavy atom. The van der Waals surface area contributed by atoms with E-state index >= 15 is 0 Å². The summed E-state index contributed by atoms with van der Waals surface area (Å²) in [5.41, 5.74) is -0.750. The first-order valence-electron chi connectivity index (χ1n) is 8.13. The molecule has 2 aliphatic rings. The molecule has 0 aromatic rings. The fourth-order valence-electron chi connectivity index (χ4n) is 3.53. The minimum absolute atomic E-state index is 0.0567. The normalized spacial score (nSPS) is 30.4. The van der Waals surface area contributed by atoms with E-state index in [1.165, 1.54) is 11.5 Å². The van der Waals surface area contributed by atoms with Crippen LogP contribution >= 0.6 is 0 Å². The first-order valence-corrected chi connectivity index (χ1v) is 8.13. The van der Waals surface area contributed by atoms with Gasteiger partial charge in [0.25, 0.3) is 0 Å². The quantitative estimate of drug-likeness (QED) is 0.733. The highest BCUT2D eigenvalue weighted by Crippen LogP contribution is 2.38. The predicted molar refractivity (Wildman–Crippen MR) is 79.2 cm³/mol. The Labute approximate surface area is 128 Å². The van der Waals surface area contributed by atoms with E-state index in [0.29, 0.717) is 13.2 Å². The molecule has 0 saturated carbocycles. The summed E-state index contributed by atoms with van der Waals surface area (Å²) in [6, 6.07) is 0. The Bertz CT molecular complexity index is 308. The van der Waals surface area contributed by atoms with Gasteiger partial charge in [0.1, 0.15) is 0 Å². The standard InChI is InChI=1S/C16H30NO4/c1-15(2)11-13(12-16(3,4)17(15)18)19-9-10-21-14-7-5-6-8-20-14/h13-14H,5-12H2,1-4H3. The molecular formula is C16H30NO4. The van der Waals surface area contributed by atoms with Gasteiger partial charge in [-0.2, -0.15) is 0 Å². The van der Waals surface area contributed by atoms with Crippen molar-refractivity contribution in [3.05, 3.63) is 0 Å². The van der Waals surface area contributed by atoms with E-state index in [9.17, 15) is 5.21 Å². The molecular weight excluding hydrogens is 270 g/mol. The lowest BCUT2D eigenvalue weighted by molar-refractivity contribution is -0.301. The van der Waals surface area contributed by atoms with Gasteiger partial charge in [-0.1, -0.05) is 0 Å². The number of hydrogen-bond acceptors (Lipinski definition) is 4. The van der Waals surface area contributed by atoms with Crippen LogP contribution in [0.15, 0.2) is 0 Å². The lowest BCUT2D eigenvalue weighted by Crippen LogP contribution is -2.59. The molecule has 1 unspecified atom stereocenters. The molecule has 2 rings (SSSR count). The maximum atomic E-state index is 12.3. The zero-order valence-corrected chi connectivity index (χ0v) is 13.9. The van der Waals surface area contributed by atoms with Gasteiger partial charge in [-0.3, -0.25) is 0 Å². The number of piperidine rings is 1. The fraction of sp³-hybridized carbons (Fsp3) is 1.00. The third-order valence-electron chi connectivity index (χ3n) is 4.43. The Morgan fingerprint density at radius 2 is 1.67 bits per heavy atom. The lowest BCUT2D eigenvalue weighted by atomic mass is 9.80. The molecule has 2 heterocycles. The monoisotopic (exact) mass is 300 g/mol. The second-order valence-electron chi connectivity index (χ2n) is 7.49. The van der Waals surface area contributed by atoms with Crippen LogP contribution in [0.4, 0.5) is 0 Å². The molecule has 2 saturated heterocycles. The van der Waals surface area contributed by atoms with Gasteiger partial charge in [-0.05, 0) is 59.8 Å². The second kappa shape index (κ2) is 6.92. The van der Waals surface area contributed by atoms with E-state index in [0.717, 1.165) is 32.3 Å². The molecule has 5 nitrogen and oxygen atoms in total. The van der Waals surface area contributed by atoms with Crippen LogP contribution in [0.3, 0.4) is 0 Å². The molecule has 0 amide bonds. The van der Waals surface area contributed by atoms with Crippen molar-refractivity contribution in [1.29, 1.82) is 0 Å². The Hall–Kier alpha value is -0.200. The molecule has 0 aromatic heterocycles. The number of hydroxylamine groups is 2. The second-order valence-corrected chi connectivity index (χ2v) is 7.49. The van der Waals surface area contributed by atoms with Gasteiger partial charge in [0, 0.05) is 17.7 Å². The largest absolute Gasteiger partial charge is 0.376 e. The smallest absolute Gasteiger partial charge is 0.157 e. The highest BCUT2D eigenvalue weighted by molar-refractivity contribution is 4.96. The number of nitrogens with zero attached hydrogens (tertiary/aromatic N) is 1. The van der Waals surface area contributed by atoms with Gasteiger partial charge < -0.3 is 14.2 Å². The molecule has 21 heavy (non-hydrogen) atoms. The summed E-state index contributed by atoms with van der Waals surface area (Å²) in [6.45, 7) is 9.88. The van der Waals surface area contributed by atoms with Crippen molar-refractivity contribution in [2.45, 2.75) is 83.3 Å². The van der Waals surface area contributed by atoms with Crippen LogP contribution < -0.4 is 0 Å². The third-order valence-corrected chi connectivity index (χ3v) is 4.43. The molecule has 0 spiro atoms. The maximum Gasteiger partial charge on any atom is 0.157 e. The summed E-state index contributed by atoms with van der Waals surface area (Å²) >= 11 is 0. The van der Waals surface area contributed by atoms with Crippen LogP contribution in [0.2, 0.25) is 0 Å². The summed E-state index contributed by atoms with van der Waals surface area (Å²) in [4.78, 5) is 0. The summed E-state index contributed by atoms with van der Waals surface area (Å²) < 4.78 is 17.2. The van der Waals surface area contributed by atoms with E-state index in [4.69, 9.17) is 14.2 Å². The topological polar surface area (TPSA) is 50.8 Å². The van der Waals surface area contributed by atoms with Crippen molar-refractivity contribution in [2.24, 2.45) is 0 Å². The van der Waals surface area contributed by atoms with Crippen LogP contribution in [-0.4, -0.2) is 48.4 Å². The summed E-state index contributed by atoms with van der Waals surface area (Å²) in [5.74, 6) is 0. The first kappa shape index (κ1) is 17.2. The Morgan fingerprint density at radius 1 is 1.05 bits per heavy atom. The van der Waals surface area contributed by atoms with Crippen molar-refractivity contribution >= 4 is 0 Å². The van der Waals surface area contributed by atoms with Crippen molar-refractivity contribution in [3.8, 4) is 0 Å². The van der Waals surface area contributed by atoms with Crippen molar-refractivity contribution in [1.82, 2.24) is 5.06 Å². The van der Waals surface area contributed by atoms with E-state index in [2.05, 4.69) is 0 Å². The average Bonchev–Trinajstić information content (AvgIpc) is 2.42. The van der Waals surface area contributed by atoms with Crippen molar-refractivity contribution < 1.29 is 19.4 Å². The summed E-state index contributed by atoms with van der Waals surface area (Å²) in [5, 5.41) is 13.5. The van der Waals surface area contributed by atoms with Gasteiger partial charge in [0.05, 0.1) is 19.3 Å². The number of hydrogen-bond donors (Lipinski definition) is 0. The van der Waals surface area contributed by atoms with Crippen LogP contribution in [0, 0.1) is 0 Å². The van der Waals surface area contributed by atoms with Crippen LogP contribution in [0.5, 0.6) is 0 Å². The highest BCUT2D eigenvalue weighted by atomic mass is 16.7. The Balaban J connectivity index is 1.70. The molecule has 1 atom stereocenters. The van der Waals surface area contributed by atoms with E-state index in [1.807, 2.05) is 27.7 Å². The molecule has 1 radical (unpaired) electrons. The number of rotatable bonds is 5. The van der Waals surface area contributed by atoms with Gasteiger partial charge in [0.15, 0.2) is 6.29 Å². The van der Waals surface area contributed by atoms with Crippen molar-refractivity contribution in [2.75, 3.05) is 19.8 Å². The lowest BCUT2D eigenvalue weighted by Gasteiger charge is -2.49. The van der Waals surface area contributed by atoms with Crippen LogP contribution in [0.25, 0.3) is 0 Å². The molecule has 0 N–H and O–H groups in total. The first-order chi connectivity index (χ1) is 9.81. The van der Waals surface area contributed by atoms with E-state index in [1.54, 1.807) is 0 Å². The number of ether oxygens (including phenoxy) is 3. The fourth-order valence-corrected chi connectivity index (χ4v) is 3.53. The van der Waals surface area contributed by atoms with Gasteiger partial charge in [0.2, 0.25) is 0 Å². The minimum atomic E-state index is -0.375. The molecule has 2 fully saturated rings. The zero-order chi connectivity index (χ0) is 15.5. The molecule has 0 bridgehead atoms. The zero-order valence-electron chi connectivity index (χ0n) is 13.9. The molecule has 0 aliphatic carbocycles. The molecule has 123 valence electrons. The molecule has 0 aromatic carbocycles. The summed E-state index contributed by atoms with van der Waals surface area (Å²) in [7, 11) is 0. The highest BCUT2D eigenvalue weighted by Gasteiger charge is 2.46. The average molecular weight is 300 g/mol. The van der Waals surface area contributed by atoms with E-state index < -0.39 is 0 Å². The van der Waals surface area contributed by atoms with Crippen molar-refractivity contribution in [3.63, 3.8) is 0 Å². The Kier molecular flexibility index (Phi) is 5.65. The third kappa shape index (κ3) is 4.63. The van der Waals surface area contributed by atoms with Gasteiger partial charge in [-0.25, -0.2) is 0 Å². The SMILES string of the molecule is CC1(C)CC(OCCOC2CCCCO2)CC(C)(C)N1[O]. The van der Waals surface area contributed by atoms with Crippen LogP contribution in [-0.2, 0) is 19.4 Å². The van der Waals surface area contributed by atoms with E-state index in [-0.39, 0.29) is 23.5 Å². The maximum absolute atomic E-state index is 12.3.